The summed E-state index contributed by atoms with van der Waals surface area (Å²) in [7, 11) is 0. The lowest BCUT2D eigenvalue weighted by Gasteiger charge is -2.15. The van der Waals surface area contributed by atoms with E-state index in [0.29, 0.717) is 12.5 Å². The SMILES string of the molecule is CCOCc1ccccc1C1=CC(C)CC=C1. The van der Waals surface area contributed by atoms with Crippen LogP contribution in [0.5, 0.6) is 0 Å². The molecule has 1 atom stereocenters. The average Bonchev–Trinajstić information content (AvgIpc) is 2.37. The zero-order chi connectivity index (χ0) is 12.1. The highest BCUT2D eigenvalue weighted by atomic mass is 16.5. The van der Waals surface area contributed by atoms with E-state index in [1.54, 1.807) is 0 Å². The second kappa shape index (κ2) is 5.83. The highest BCUT2D eigenvalue weighted by molar-refractivity contribution is 5.76. The van der Waals surface area contributed by atoms with Gasteiger partial charge in [0.05, 0.1) is 6.61 Å². The van der Waals surface area contributed by atoms with Crippen LogP contribution in [0.3, 0.4) is 0 Å². The standard InChI is InChI=1S/C16H20O/c1-3-17-12-15-8-4-5-10-16(15)14-9-6-7-13(2)11-14/h4-6,8-11,13H,3,7,12H2,1-2H3. The Bertz CT molecular complexity index is 429. The third-order valence-corrected chi connectivity index (χ3v) is 3.06. The maximum absolute atomic E-state index is 5.53. The summed E-state index contributed by atoms with van der Waals surface area (Å²) < 4.78 is 5.53. The fraction of sp³-hybridized carbons (Fsp3) is 0.375. The summed E-state index contributed by atoms with van der Waals surface area (Å²) in [6.45, 7) is 5.75. The van der Waals surface area contributed by atoms with E-state index in [4.69, 9.17) is 4.74 Å². The Labute approximate surface area is 104 Å². The van der Waals surface area contributed by atoms with Gasteiger partial charge < -0.3 is 4.74 Å². The first-order chi connectivity index (χ1) is 8.31. The van der Waals surface area contributed by atoms with Crippen molar-refractivity contribution in [3.63, 3.8) is 0 Å². The molecule has 1 unspecified atom stereocenters. The van der Waals surface area contributed by atoms with Crippen LogP contribution >= 0.6 is 0 Å². The van der Waals surface area contributed by atoms with Crippen LogP contribution in [0.25, 0.3) is 5.57 Å². The van der Waals surface area contributed by atoms with E-state index in [0.717, 1.165) is 13.0 Å². The minimum atomic E-state index is 0.634. The molecule has 0 amide bonds. The fourth-order valence-electron chi connectivity index (χ4n) is 2.16. The maximum Gasteiger partial charge on any atom is 0.0722 e. The van der Waals surface area contributed by atoms with Crippen LogP contribution in [0.15, 0.2) is 42.5 Å². The lowest BCUT2D eigenvalue weighted by atomic mass is 9.91. The summed E-state index contributed by atoms with van der Waals surface area (Å²) in [5, 5.41) is 0. The summed E-state index contributed by atoms with van der Waals surface area (Å²) in [6.07, 6.45) is 7.99. The molecule has 0 saturated heterocycles. The first-order valence-electron chi connectivity index (χ1n) is 6.35. The van der Waals surface area contributed by atoms with Crippen molar-refractivity contribution in [1.29, 1.82) is 0 Å². The van der Waals surface area contributed by atoms with Crippen molar-refractivity contribution in [3.8, 4) is 0 Å². The van der Waals surface area contributed by atoms with Crippen molar-refractivity contribution in [2.45, 2.75) is 26.9 Å². The second-order valence-electron chi connectivity index (χ2n) is 4.53. The Morgan fingerprint density at radius 2 is 2.12 bits per heavy atom. The number of hydrogen-bond donors (Lipinski definition) is 0. The van der Waals surface area contributed by atoms with Crippen molar-refractivity contribution in [2.75, 3.05) is 6.61 Å². The molecule has 0 fully saturated rings. The smallest absolute Gasteiger partial charge is 0.0722 e. The van der Waals surface area contributed by atoms with Gasteiger partial charge >= 0.3 is 0 Å². The normalized spacial score (nSPS) is 19.2. The lowest BCUT2D eigenvalue weighted by molar-refractivity contribution is 0.134. The first-order valence-corrected chi connectivity index (χ1v) is 6.35. The van der Waals surface area contributed by atoms with Gasteiger partial charge in [-0.05, 0) is 36.0 Å². The van der Waals surface area contributed by atoms with E-state index < -0.39 is 0 Å². The van der Waals surface area contributed by atoms with Gasteiger partial charge in [0, 0.05) is 6.61 Å². The van der Waals surface area contributed by atoms with Crippen LogP contribution in [0, 0.1) is 5.92 Å². The molecule has 0 heterocycles. The zero-order valence-corrected chi connectivity index (χ0v) is 10.6. The highest BCUT2D eigenvalue weighted by Crippen LogP contribution is 2.27. The molecule has 1 heteroatoms. The van der Waals surface area contributed by atoms with Gasteiger partial charge in [0.15, 0.2) is 0 Å². The Morgan fingerprint density at radius 1 is 1.29 bits per heavy atom. The average molecular weight is 228 g/mol. The molecular formula is C16H20O. The van der Waals surface area contributed by atoms with E-state index in [1.807, 2.05) is 6.92 Å². The Morgan fingerprint density at radius 3 is 2.88 bits per heavy atom. The molecule has 90 valence electrons. The van der Waals surface area contributed by atoms with Crippen LogP contribution in [0.4, 0.5) is 0 Å². The minimum Gasteiger partial charge on any atom is -0.377 e. The molecular weight excluding hydrogens is 208 g/mol. The molecule has 2 rings (SSSR count). The first kappa shape index (κ1) is 12.1. The van der Waals surface area contributed by atoms with E-state index in [9.17, 15) is 0 Å². The molecule has 1 aliphatic carbocycles. The summed E-state index contributed by atoms with van der Waals surface area (Å²) in [5.74, 6) is 0.634. The topological polar surface area (TPSA) is 9.23 Å². The second-order valence-corrected chi connectivity index (χ2v) is 4.53. The zero-order valence-electron chi connectivity index (χ0n) is 10.6. The largest absolute Gasteiger partial charge is 0.377 e. The predicted octanol–water partition coefficient (Wildman–Crippen LogP) is 4.20. The molecule has 1 aromatic carbocycles. The van der Waals surface area contributed by atoms with E-state index in [-0.39, 0.29) is 0 Å². The van der Waals surface area contributed by atoms with E-state index in [1.165, 1.54) is 16.7 Å². The Hall–Kier alpha value is -1.34. The van der Waals surface area contributed by atoms with Gasteiger partial charge in [-0.1, -0.05) is 49.4 Å². The van der Waals surface area contributed by atoms with Crippen molar-refractivity contribution in [2.24, 2.45) is 5.92 Å². The van der Waals surface area contributed by atoms with Gasteiger partial charge in [0.1, 0.15) is 0 Å². The summed E-state index contributed by atoms with van der Waals surface area (Å²) in [6, 6.07) is 8.51. The van der Waals surface area contributed by atoms with Gasteiger partial charge in [0.25, 0.3) is 0 Å². The Kier molecular flexibility index (Phi) is 4.16. The van der Waals surface area contributed by atoms with Gasteiger partial charge in [-0.3, -0.25) is 0 Å². The Balaban J connectivity index is 2.28. The number of rotatable bonds is 4. The van der Waals surface area contributed by atoms with Crippen LogP contribution in [0.2, 0.25) is 0 Å². The summed E-state index contributed by atoms with van der Waals surface area (Å²) in [5.41, 5.74) is 3.92. The molecule has 0 N–H and O–H groups in total. The molecule has 17 heavy (non-hydrogen) atoms. The number of hydrogen-bond acceptors (Lipinski definition) is 1. The number of allylic oxidation sites excluding steroid dienone is 4. The van der Waals surface area contributed by atoms with Crippen molar-refractivity contribution in [1.82, 2.24) is 0 Å². The molecule has 0 saturated carbocycles. The third kappa shape index (κ3) is 3.07. The van der Waals surface area contributed by atoms with Gasteiger partial charge in [-0.15, -0.1) is 0 Å². The van der Waals surface area contributed by atoms with Gasteiger partial charge in [-0.25, -0.2) is 0 Å². The quantitative estimate of drug-likeness (QED) is 0.750. The highest BCUT2D eigenvalue weighted by Gasteiger charge is 2.09. The van der Waals surface area contributed by atoms with Crippen molar-refractivity contribution < 1.29 is 4.74 Å². The molecule has 1 aromatic rings. The van der Waals surface area contributed by atoms with E-state index in [2.05, 4.69) is 49.4 Å². The summed E-state index contributed by atoms with van der Waals surface area (Å²) >= 11 is 0. The molecule has 1 nitrogen and oxygen atoms in total. The third-order valence-electron chi connectivity index (χ3n) is 3.06. The molecule has 0 bridgehead atoms. The monoisotopic (exact) mass is 228 g/mol. The van der Waals surface area contributed by atoms with Gasteiger partial charge in [0.2, 0.25) is 0 Å². The predicted molar refractivity (Wildman–Crippen MR) is 72.7 cm³/mol. The van der Waals surface area contributed by atoms with Crippen LogP contribution < -0.4 is 0 Å². The molecule has 1 aliphatic rings. The van der Waals surface area contributed by atoms with Crippen LogP contribution in [-0.2, 0) is 11.3 Å². The van der Waals surface area contributed by atoms with E-state index >= 15 is 0 Å². The number of ether oxygens (including phenoxy) is 1. The van der Waals surface area contributed by atoms with Gasteiger partial charge in [-0.2, -0.15) is 0 Å². The van der Waals surface area contributed by atoms with Crippen LogP contribution in [0.1, 0.15) is 31.4 Å². The van der Waals surface area contributed by atoms with Crippen molar-refractivity contribution in [3.05, 3.63) is 53.6 Å². The molecule has 0 aromatic heterocycles. The minimum absolute atomic E-state index is 0.634. The maximum atomic E-state index is 5.53. The number of benzene rings is 1. The molecule has 0 radical (unpaired) electrons. The lowest BCUT2D eigenvalue weighted by Crippen LogP contribution is -2.00. The van der Waals surface area contributed by atoms with Crippen LogP contribution in [-0.4, -0.2) is 6.61 Å². The summed E-state index contributed by atoms with van der Waals surface area (Å²) in [4.78, 5) is 0. The molecule has 0 spiro atoms. The fourth-order valence-corrected chi connectivity index (χ4v) is 2.16. The molecule has 0 aliphatic heterocycles. The van der Waals surface area contributed by atoms with Crippen molar-refractivity contribution >= 4 is 5.57 Å².